The van der Waals surface area contributed by atoms with Crippen LogP contribution in [0.25, 0.3) is 17.0 Å². The molecule has 1 saturated carbocycles. The second-order valence-corrected chi connectivity index (χ2v) is 7.55. The Labute approximate surface area is 179 Å². The van der Waals surface area contributed by atoms with Crippen molar-refractivity contribution in [2.24, 2.45) is 5.73 Å². The standard InChI is InChI=1S/C21H16F2N6O3/c1-9-13(22)4-11(19-27-21(32-28-19)12-7-14(12)23)5-15(9)26-20(31)16-8-25-17-6-10(18(24)30)2-3-29(16)17/h2-6,8,12,14H,7H2,1H3,(H2,24,30)(H,26,31)/t12-,14-/m0/s1. The zero-order valence-corrected chi connectivity index (χ0v) is 16.7. The molecule has 0 aliphatic heterocycles. The van der Waals surface area contributed by atoms with Crippen molar-refractivity contribution in [1.82, 2.24) is 19.5 Å². The van der Waals surface area contributed by atoms with E-state index in [1.165, 1.54) is 48.0 Å². The van der Waals surface area contributed by atoms with Gasteiger partial charge in [-0.2, -0.15) is 4.98 Å². The molecule has 0 saturated heterocycles. The first-order valence-corrected chi connectivity index (χ1v) is 9.68. The van der Waals surface area contributed by atoms with Gasteiger partial charge >= 0.3 is 0 Å². The molecular weight excluding hydrogens is 422 g/mol. The summed E-state index contributed by atoms with van der Waals surface area (Å²) in [4.78, 5) is 32.5. The van der Waals surface area contributed by atoms with E-state index in [9.17, 15) is 18.4 Å². The van der Waals surface area contributed by atoms with Crippen LogP contribution in [-0.4, -0.2) is 37.5 Å². The van der Waals surface area contributed by atoms with E-state index in [-0.39, 0.29) is 39.8 Å². The minimum absolute atomic E-state index is 0.0993. The molecule has 4 aromatic rings. The first-order valence-electron chi connectivity index (χ1n) is 9.68. The Bertz CT molecular complexity index is 1400. The molecule has 1 aliphatic rings. The highest BCUT2D eigenvalue weighted by molar-refractivity contribution is 6.04. The summed E-state index contributed by atoms with van der Waals surface area (Å²) in [6, 6.07) is 5.66. The van der Waals surface area contributed by atoms with E-state index >= 15 is 0 Å². The lowest BCUT2D eigenvalue weighted by molar-refractivity contribution is 0.0998. The van der Waals surface area contributed by atoms with Crippen LogP contribution in [0.2, 0.25) is 0 Å². The van der Waals surface area contributed by atoms with Crippen molar-refractivity contribution in [1.29, 1.82) is 0 Å². The Morgan fingerprint density at radius 2 is 2.09 bits per heavy atom. The number of amides is 2. The summed E-state index contributed by atoms with van der Waals surface area (Å²) < 4.78 is 34.4. The smallest absolute Gasteiger partial charge is 0.274 e. The minimum atomic E-state index is -1.00. The monoisotopic (exact) mass is 438 g/mol. The highest BCUT2D eigenvalue weighted by atomic mass is 19.1. The molecule has 1 aliphatic carbocycles. The summed E-state index contributed by atoms with van der Waals surface area (Å²) in [6.07, 6.45) is 2.15. The molecule has 2 amide bonds. The van der Waals surface area contributed by atoms with Gasteiger partial charge in [-0.15, -0.1) is 0 Å². The Hall–Kier alpha value is -4.15. The van der Waals surface area contributed by atoms with Crippen LogP contribution in [-0.2, 0) is 0 Å². The second kappa shape index (κ2) is 7.22. The number of nitrogens with one attached hydrogen (secondary N) is 1. The topological polar surface area (TPSA) is 128 Å². The third-order valence-electron chi connectivity index (χ3n) is 5.35. The average Bonchev–Trinajstić information content (AvgIpc) is 3.17. The van der Waals surface area contributed by atoms with Crippen LogP contribution in [0.1, 0.15) is 44.6 Å². The fourth-order valence-electron chi connectivity index (χ4n) is 3.35. The van der Waals surface area contributed by atoms with Crippen molar-refractivity contribution >= 4 is 23.1 Å². The lowest BCUT2D eigenvalue weighted by Crippen LogP contribution is -2.16. The lowest BCUT2D eigenvalue weighted by atomic mass is 10.1. The van der Waals surface area contributed by atoms with Crippen molar-refractivity contribution in [2.45, 2.75) is 25.4 Å². The molecule has 9 nitrogen and oxygen atoms in total. The SMILES string of the molecule is Cc1c(F)cc(-c2noc([C@H]3C[C@@H]3F)n2)cc1NC(=O)c1cnc2cc(C(N)=O)ccn12. The predicted molar refractivity (Wildman–Crippen MR) is 108 cm³/mol. The maximum absolute atomic E-state index is 14.6. The van der Waals surface area contributed by atoms with Crippen LogP contribution >= 0.6 is 0 Å². The number of nitrogens with two attached hydrogens (primary N) is 1. The molecule has 0 radical (unpaired) electrons. The van der Waals surface area contributed by atoms with E-state index in [4.69, 9.17) is 10.3 Å². The molecule has 0 bridgehead atoms. The fraction of sp³-hybridized carbons (Fsp3) is 0.190. The molecule has 32 heavy (non-hydrogen) atoms. The Balaban J connectivity index is 1.45. The van der Waals surface area contributed by atoms with E-state index in [0.29, 0.717) is 12.1 Å². The number of hydrogen-bond acceptors (Lipinski definition) is 6. The van der Waals surface area contributed by atoms with Crippen molar-refractivity contribution in [3.05, 3.63) is 65.2 Å². The number of aromatic nitrogens is 4. The maximum atomic E-state index is 14.6. The van der Waals surface area contributed by atoms with Crippen LogP contribution in [0.4, 0.5) is 14.5 Å². The Morgan fingerprint density at radius 1 is 1.31 bits per heavy atom. The number of primary amides is 1. The van der Waals surface area contributed by atoms with Crippen molar-refractivity contribution in [3.8, 4) is 11.4 Å². The molecule has 0 unspecified atom stereocenters. The average molecular weight is 438 g/mol. The molecule has 1 aromatic carbocycles. The number of anilines is 1. The predicted octanol–water partition coefficient (Wildman–Crippen LogP) is 3.01. The third-order valence-corrected chi connectivity index (χ3v) is 5.35. The lowest BCUT2D eigenvalue weighted by Gasteiger charge is -2.11. The number of nitrogens with zero attached hydrogens (tertiary/aromatic N) is 4. The molecule has 3 heterocycles. The number of rotatable bonds is 5. The second-order valence-electron chi connectivity index (χ2n) is 7.55. The van der Waals surface area contributed by atoms with Crippen LogP contribution in [0.15, 0.2) is 41.2 Å². The summed E-state index contributed by atoms with van der Waals surface area (Å²) >= 11 is 0. The summed E-state index contributed by atoms with van der Waals surface area (Å²) in [7, 11) is 0. The van der Waals surface area contributed by atoms with Gasteiger partial charge in [0.15, 0.2) is 0 Å². The molecular formula is C21H16F2N6O3. The van der Waals surface area contributed by atoms with E-state index in [1.54, 1.807) is 0 Å². The molecule has 0 spiro atoms. The van der Waals surface area contributed by atoms with E-state index < -0.39 is 29.7 Å². The molecule has 5 rings (SSSR count). The first kappa shape index (κ1) is 19.8. The van der Waals surface area contributed by atoms with Crippen LogP contribution in [0.3, 0.4) is 0 Å². The summed E-state index contributed by atoms with van der Waals surface area (Å²) in [5, 5.41) is 6.47. The van der Waals surface area contributed by atoms with Crippen LogP contribution in [0.5, 0.6) is 0 Å². The minimum Gasteiger partial charge on any atom is -0.366 e. The zero-order chi connectivity index (χ0) is 22.6. The fourth-order valence-corrected chi connectivity index (χ4v) is 3.35. The number of fused-ring (bicyclic) bond motifs is 1. The zero-order valence-electron chi connectivity index (χ0n) is 16.7. The number of imidazole rings is 1. The summed E-state index contributed by atoms with van der Waals surface area (Å²) in [6.45, 7) is 1.52. The Morgan fingerprint density at radius 3 is 2.81 bits per heavy atom. The normalized spacial score (nSPS) is 17.5. The van der Waals surface area contributed by atoms with Gasteiger partial charge in [-0.25, -0.2) is 13.8 Å². The van der Waals surface area contributed by atoms with Gasteiger partial charge in [0.2, 0.25) is 17.6 Å². The Kier molecular flexibility index (Phi) is 4.47. The molecule has 1 fully saturated rings. The van der Waals surface area contributed by atoms with Gasteiger partial charge in [0.25, 0.3) is 5.91 Å². The third kappa shape index (κ3) is 3.37. The molecule has 11 heteroatoms. The molecule has 162 valence electrons. The number of pyridine rings is 1. The van der Waals surface area contributed by atoms with Gasteiger partial charge in [-0.05, 0) is 37.6 Å². The highest BCUT2D eigenvalue weighted by Crippen LogP contribution is 2.43. The van der Waals surface area contributed by atoms with Gasteiger partial charge in [0.05, 0.1) is 12.1 Å². The van der Waals surface area contributed by atoms with Crippen LogP contribution < -0.4 is 11.1 Å². The molecule has 3 aromatic heterocycles. The van der Waals surface area contributed by atoms with Gasteiger partial charge in [0.1, 0.15) is 23.3 Å². The first-order chi connectivity index (χ1) is 15.3. The van der Waals surface area contributed by atoms with Crippen molar-refractivity contribution < 1.29 is 22.9 Å². The van der Waals surface area contributed by atoms with Crippen LogP contribution in [0, 0.1) is 12.7 Å². The summed E-state index contributed by atoms with van der Waals surface area (Å²) in [5.41, 5.74) is 6.74. The number of carbonyl (C=O) groups excluding carboxylic acids is 2. The van der Waals surface area contributed by atoms with Gasteiger partial charge in [-0.1, -0.05) is 5.16 Å². The largest absolute Gasteiger partial charge is 0.366 e. The van der Waals surface area contributed by atoms with Gasteiger partial charge < -0.3 is 15.6 Å². The number of alkyl halides is 1. The highest BCUT2D eigenvalue weighted by Gasteiger charge is 2.43. The number of benzene rings is 1. The quantitative estimate of drug-likeness (QED) is 0.493. The van der Waals surface area contributed by atoms with Gasteiger partial charge in [-0.3, -0.25) is 14.0 Å². The van der Waals surface area contributed by atoms with E-state index in [0.717, 1.165) is 0 Å². The molecule has 3 N–H and O–H groups in total. The van der Waals surface area contributed by atoms with E-state index in [2.05, 4.69) is 20.4 Å². The number of halogens is 2. The number of carbonyl (C=O) groups is 2. The van der Waals surface area contributed by atoms with Crippen molar-refractivity contribution in [3.63, 3.8) is 0 Å². The van der Waals surface area contributed by atoms with Crippen molar-refractivity contribution in [2.75, 3.05) is 5.32 Å². The summed E-state index contributed by atoms with van der Waals surface area (Å²) in [5.74, 6) is -1.89. The molecule has 2 atom stereocenters. The maximum Gasteiger partial charge on any atom is 0.274 e. The van der Waals surface area contributed by atoms with E-state index in [1.807, 2.05) is 0 Å². The van der Waals surface area contributed by atoms with Gasteiger partial charge in [0, 0.05) is 28.6 Å². The number of hydrogen-bond donors (Lipinski definition) is 2.